The van der Waals surface area contributed by atoms with Gasteiger partial charge >= 0.3 is 0 Å². The Balaban J connectivity index is 2.80. The van der Waals surface area contributed by atoms with Crippen LogP contribution in [-0.4, -0.2) is 23.2 Å². The van der Waals surface area contributed by atoms with Gasteiger partial charge in [-0.05, 0) is 31.4 Å². The Morgan fingerprint density at radius 2 is 1.94 bits per heavy atom. The molecule has 0 radical (unpaired) electrons. The average Bonchev–Trinajstić information content (AvgIpc) is 2.36. The van der Waals surface area contributed by atoms with Gasteiger partial charge in [-0.25, -0.2) is 0 Å². The van der Waals surface area contributed by atoms with Gasteiger partial charge in [0.1, 0.15) is 0 Å². The Hall–Kier alpha value is -1.09. The summed E-state index contributed by atoms with van der Waals surface area (Å²) in [4.78, 5) is 6.54. The first kappa shape index (κ1) is 14.0. The second kappa shape index (κ2) is 6.01. The molecule has 0 aliphatic heterocycles. The van der Waals surface area contributed by atoms with Crippen molar-refractivity contribution in [1.82, 2.24) is 4.98 Å². The molecule has 1 aromatic rings. The van der Waals surface area contributed by atoms with Gasteiger partial charge in [-0.2, -0.15) is 0 Å². The highest BCUT2D eigenvalue weighted by Gasteiger charge is 2.14. The normalized spacial score (nSPS) is 14.8. The van der Waals surface area contributed by atoms with E-state index in [0.717, 1.165) is 11.4 Å². The first-order chi connectivity index (χ1) is 7.97. The van der Waals surface area contributed by atoms with Crippen LogP contribution in [0.5, 0.6) is 0 Å². The van der Waals surface area contributed by atoms with E-state index >= 15 is 0 Å². The van der Waals surface area contributed by atoms with Crippen molar-refractivity contribution >= 4 is 5.69 Å². The molecule has 0 aromatic carbocycles. The lowest BCUT2D eigenvalue weighted by atomic mass is 10.0. The van der Waals surface area contributed by atoms with Crippen molar-refractivity contribution in [2.24, 2.45) is 5.92 Å². The van der Waals surface area contributed by atoms with Crippen molar-refractivity contribution in [1.29, 1.82) is 0 Å². The summed E-state index contributed by atoms with van der Waals surface area (Å²) in [5.74, 6) is 0.598. The van der Waals surface area contributed by atoms with Crippen LogP contribution in [0, 0.1) is 5.92 Å². The van der Waals surface area contributed by atoms with Gasteiger partial charge in [-0.3, -0.25) is 4.98 Å². The summed E-state index contributed by atoms with van der Waals surface area (Å²) in [5, 5.41) is 9.68. The predicted molar refractivity (Wildman–Crippen MR) is 72.2 cm³/mol. The van der Waals surface area contributed by atoms with Gasteiger partial charge in [0.05, 0.1) is 23.7 Å². The summed E-state index contributed by atoms with van der Waals surface area (Å²) in [7, 11) is 2.08. The standard InChI is InChI=1S/C14H24N2O/c1-6-14(17)13-8-7-12(9-15-13)16(5)11(4)10(2)3/h7-11,14,17H,6H2,1-5H3/t11?,14-/m1/s1. The van der Waals surface area contributed by atoms with Crippen LogP contribution in [0.2, 0.25) is 0 Å². The Morgan fingerprint density at radius 3 is 2.35 bits per heavy atom. The summed E-state index contributed by atoms with van der Waals surface area (Å²) < 4.78 is 0. The van der Waals surface area contributed by atoms with E-state index in [2.05, 4.69) is 37.7 Å². The maximum absolute atomic E-state index is 9.68. The third-order valence-corrected chi connectivity index (χ3v) is 3.48. The molecule has 0 saturated heterocycles. The highest BCUT2D eigenvalue weighted by molar-refractivity contribution is 5.44. The highest BCUT2D eigenvalue weighted by atomic mass is 16.3. The molecule has 1 aromatic heterocycles. The van der Waals surface area contributed by atoms with Gasteiger partial charge < -0.3 is 10.0 Å². The van der Waals surface area contributed by atoms with E-state index in [1.54, 1.807) is 0 Å². The van der Waals surface area contributed by atoms with Crippen LogP contribution in [-0.2, 0) is 0 Å². The zero-order valence-corrected chi connectivity index (χ0v) is 11.5. The highest BCUT2D eigenvalue weighted by Crippen LogP contribution is 2.20. The molecule has 0 amide bonds. The SMILES string of the molecule is CC[C@@H](O)c1ccc(N(C)C(C)C(C)C)cn1. The van der Waals surface area contributed by atoms with Crippen LogP contribution in [0.1, 0.15) is 45.9 Å². The van der Waals surface area contributed by atoms with Crippen LogP contribution in [0.15, 0.2) is 18.3 Å². The van der Waals surface area contributed by atoms with Gasteiger partial charge in [0.25, 0.3) is 0 Å². The van der Waals surface area contributed by atoms with E-state index in [1.807, 2.05) is 25.3 Å². The van der Waals surface area contributed by atoms with Crippen molar-refractivity contribution in [3.05, 3.63) is 24.0 Å². The Morgan fingerprint density at radius 1 is 1.29 bits per heavy atom. The van der Waals surface area contributed by atoms with Crippen LogP contribution in [0.3, 0.4) is 0 Å². The Kier molecular flexibility index (Phi) is 4.94. The molecule has 1 N–H and O–H groups in total. The lowest BCUT2D eigenvalue weighted by Gasteiger charge is -2.29. The predicted octanol–water partition coefficient (Wildman–Crippen LogP) is 3.01. The van der Waals surface area contributed by atoms with Gasteiger partial charge in [0.15, 0.2) is 0 Å². The van der Waals surface area contributed by atoms with Crippen LogP contribution in [0.4, 0.5) is 5.69 Å². The molecule has 17 heavy (non-hydrogen) atoms. The molecule has 2 atom stereocenters. The molecule has 0 aliphatic carbocycles. The quantitative estimate of drug-likeness (QED) is 0.853. The minimum Gasteiger partial charge on any atom is -0.387 e. The Bertz CT molecular complexity index is 335. The van der Waals surface area contributed by atoms with Crippen LogP contribution < -0.4 is 4.90 Å². The summed E-state index contributed by atoms with van der Waals surface area (Å²) in [6.45, 7) is 8.58. The van der Waals surface area contributed by atoms with Gasteiger partial charge in [0, 0.05) is 13.1 Å². The average molecular weight is 236 g/mol. The molecule has 0 aliphatic rings. The summed E-state index contributed by atoms with van der Waals surface area (Å²) >= 11 is 0. The summed E-state index contributed by atoms with van der Waals surface area (Å²) in [5.41, 5.74) is 1.85. The van der Waals surface area contributed by atoms with Crippen LogP contribution >= 0.6 is 0 Å². The molecule has 3 nitrogen and oxygen atoms in total. The number of pyridine rings is 1. The van der Waals surface area contributed by atoms with E-state index in [9.17, 15) is 5.11 Å². The van der Waals surface area contributed by atoms with Gasteiger partial charge in [-0.1, -0.05) is 20.8 Å². The molecule has 0 bridgehead atoms. The molecule has 1 rings (SSSR count). The minimum atomic E-state index is -0.447. The van der Waals surface area contributed by atoms with E-state index in [-0.39, 0.29) is 0 Å². The second-order valence-corrected chi connectivity index (χ2v) is 4.96. The van der Waals surface area contributed by atoms with Crippen LogP contribution in [0.25, 0.3) is 0 Å². The number of anilines is 1. The van der Waals surface area contributed by atoms with Crippen molar-refractivity contribution in [3.8, 4) is 0 Å². The summed E-state index contributed by atoms with van der Waals surface area (Å²) in [6, 6.07) is 4.41. The van der Waals surface area contributed by atoms with Crippen molar-refractivity contribution in [2.75, 3.05) is 11.9 Å². The number of hydrogen-bond acceptors (Lipinski definition) is 3. The first-order valence-corrected chi connectivity index (χ1v) is 6.34. The molecule has 0 spiro atoms. The Labute approximate surface area is 104 Å². The van der Waals surface area contributed by atoms with E-state index in [0.29, 0.717) is 18.4 Å². The number of aromatic nitrogens is 1. The molecule has 1 heterocycles. The van der Waals surface area contributed by atoms with Gasteiger partial charge in [0.2, 0.25) is 0 Å². The molecular formula is C14H24N2O. The lowest BCUT2D eigenvalue weighted by Crippen LogP contribution is -2.33. The molecular weight excluding hydrogens is 212 g/mol. The first-order valence-electron chi connectivity index (χ1n) is 6.34. The molecule has 96 valence electrons. The smallest absolute Gasteiger partial charge is 0.0957 e. The summed E-state index contributed by atoms with van der Waals surface area (Å²) in [6.07, 6.45) is 2.09. The topological polar surface area (TPSA) is 36.4 Å². The van der Waals surface area contributed by atoms with E-state index in [1.165, 1.54) is 0 Å². The fourth-order valence-electron chi connectivity index (χ4n) is 1.69. The van der Waals surface area contributed by atoms with Crippen molar-refractivity contribution in [3.63, 3.8) is 0 Å². The zero-order valence-electron chi connectivity index (χ0n) is 11.5. The fraction of sp³-hybridized carbons (Fsp3) is 0.643. The molecule has 0 saturated carbocycles. The number of nitrogens with zero attached hydrogens (tertiary/aromatic N) is 2. The maximum Gasteiger partial charge on any atom is 0.0957 e. The minimum absolute atomic E-state index is 0.447. The third-order valence-electron chi connectivity index (χ3n) is 3.48. The maximum atomic E-state index is 9.68. The fourth-order valence-corrected chi connectivity index (χ4v) is 1.69. The molecule has 0 fully saturated rings. The van der Waals surface area contributed by atoms with E-state index in [4.69, 9.17) is 0 Å². The molecule has 1 unspecified atom stereocenters. The molecule has 3 heteroatoms. The number of aliphatic hydroxyl groups is 1. The zero-order chi connectivity index (χ0) is 13.0. The van der Waals surface area contributed by atoms with Crippen molar-refractivity contribution in [2.45, 2.75) is 46.3 Å². The van der Waals surface area contributed by atoms with Crippen molar-refractivity contribution < 1.29 is 5.11 Å². The largest absolute Gasteiger partial charge is 0.387 e. The number of hydrogen-bond donors (Lipinski definition) is 1. The monoisotopic (exact) mass is 236 g/mol. The number of aliphatic hydroxyl groups excluding tert-OH is 1. The lowest BCUT2D eigenvalue weighted by molar-refractivity contribution is 0.169. The second-order valence-electron chi connectivity index (χ2n) is 4.96. The van der Waals surface area contributed by atoms with E-state index < -0.39 is 6.10 Å². The third kappa shape index (κ3) is 3.43. The van der Waals surface area contributed by atoms with Gasteiger partial charge in [-0.15, -0.1) is 0 Å². The number of rotatable bonds is 5.